The molecule has 0 aliphatic carbocycles. The predicted molar refractivity (Wildman–Crippen MR) is 125 cm³/mol. The first kappa shape index (κ1) is 23.1. The molecule has 0 saturated carbocycles. The minimum absolute atomic E-state index is 0.0635. The van der Waals surface area contributed by atoms with Gasteiger partial charge < -0.3 is 10.1 Å². The second kappa shape index (κ2) is 11.1. The number of nitrogens with one attached hydrogen (secondary N) is 1. The molecule has 2 unspecified atom stereocenters. The third-order valence-electron chi connectivity index (χ3n) is 5.48. The van der Waals surface area contributed by atoms with Crippen LogP contribution in [-0.4, -0.2) is 30.4 Å². The standard InChI is InChI=1S/C25H30N2O3S/c1-4-19-15-16-21-23(18-19)31(29)27(3)22-13-10-9-12-20(22)25(21)26-17-11-7-6-8-14-24(28)30-5-2/h1,9-10,12-13,15-16,18,25-26H,5-8,11,14,17H2,2-3H3. The summed E-state index contributed by atoms with van der Waals surface area (Å²) in [5, 5.41) is 3.67. The quantitative estimate of drug-likeness (QED) is 0.360. The van der Waals surface area contributed by atoms with Crippen molar-refractivity contribution in [2.45, 2.75) is 50.0 Å². The summed E-state index contributed by atoms with van der Waals surface area (Å²) in [6, 6.07) is 13.8. The Kier molecular flexibility index (Phi) is 8.27. The molecule has 1 N–H and O–H groups in total. The number of rotatable bonds is 9. The number of ether oxygens (including phenoxy) is 1. The zero-order chi connectivity index (χ0) is 22.2. The highest BCUT2D eigenvalue weighted by Gasteiger charge is 2.29. The van der Waals surface area contributed by atoms with Gasteiger partial charge in [0.1, 0.15) is 0 Å². The van der Waals surface area contributed by atoms with E-state index < -0.39 is 11.0 Å². The minimum atomic E-state index is -1.34. The third kappa shape index (κ3) is 5.55. The first-order valence-corrected chi connectivity index (χ1v) is 11.9. The molecule has 0 saturated heterocycles. The molecule has 1 aliphatic heterocycles. The highest BCUT2D eigenvalue weighted by molar-refractivity contribution is 7.86. The molecular weight excluding hydrogens is 408 g/mol. The van der Waals surface area contributed by atoms with Crippen LogP contribution in [0.1, 0.15) is 61.8 Å². The molecule has 1 aliphatic rings. The van der Waals surface area contributed by atoms with Crippen molar-refractivity contribution in [1.82, 2.24) is 5.32 Å². The highest BCUT2D eigenvalue weighted by atomic mass is 32.2. The Balaban J connectivity index is 1.70. The number of fused-ring (bicyclic) bond motifs is 2. The van der Waals surface area contributed by atoms with Crippen molar-refractivity contribution in [2.24, 2.45) is 0 Å². The van der Waals surface area contributed by atoms with E-state index in [9.17, 15) is 9.00 Å². The maximum Gasteiger partial charge on any atom is 0.305 e. The molecule has 0 radical (unpaired) electrons. The van der Waals surface area contributed by atoms with Gasteiger partial charge >= 0.3 is 5.97 Å². The van der Waals surface area contributed by atoms with Crippen molar-refractivity contribution in [2.75, 3.05) is 24.5 Å². The lowest BCUT2D eigenvalue weighted by molar-refractivity contribution is -0.143. The zero-order valence-electron chi connectivity index (χ0n) is 18.2. The average molecular weight is 439 g/mol. The Morgan fingerprint density at radius 2 is 1.94 bits per heavy atom. The van der Waals surface area contributed by atoms with Crippen LogP contribution >= 0.6 is 0 Å². The van der Waals surface area contributed by atoms with Gasteiger partial charge in [-0.05, 0) is 55.6 Å². The molecule has 2 aromatic rings. The van der Waals surface area contributed by atoms with Crippen LogP contribution in [0, 0.1) is 12.3 Å². The van der Waals surface area contributed by atoms with E-state index in [1.165, 1.54) is 0 Å². The lowest BCUT2D eigenvalue weighted by atomic mass is 9.96. The second-order valence-corrected chi connectivity index (χ2v) is 9.04. The third-order valence-corrected chi connectivity index (χ3v) is 6.90. The number of unbranched alkanes of at least 4 members (excludes halogenated alkanes) is 3. The van der Waals surface area contributed by atoms with Crippen molar-refractivity contribution >= 4 is 22.6 Å². The van der Waals surface area contributed by atoms with Crippen LogP contribution in [0.15, 0.2) is 47.4 Å². The fourth-order valence-corrected chi connectivity index (χ4v) is 5.14. The van der Waals surface area contributed by atoms with Gasteiger partial charge in [-0.15, -0.1) is 6.42 Å². The number of anilines is 1. The molecule has 0 bridgehead atoms. The van der Waals surface area contributed by atoms with Gasteiger partial charge in [-0.25, -0.2) is 4.21 Å². The maximum atomic E-state index is 13.3. The van der Waals surface area contributed by atoms with Crippen LogP contribution in [0.4, 0.5) is 5.69 Å². The Morgan fingerprint density at radius 1 is 1.16 bits per heavy atom. The van der Waals surface area contributed by atoms with E-state index in [0.717, 1.165) is 59.5 Å². The molecular formula is C25H30N2O3S. The number of benzene rings is 2. The molecule has 0 fully saturated rings. The average Bonchev–Trinajstić information content (AvgIpc) is 2.87. The first-order valence-electron chi connectivity index (χ1n) is 10.8. The molecule has 3 rings (SSSR count). The summed E-state index contributed by atoms with van der Waals surface area (Å²) in [6.07, 6.45) is 9.96. The number of para-hydroxylation sites is 1. The van der Waals surface area contributed by atoms with Crippen molar-refractivity contribution < 1.29 is 13.7 Å². The second-order valence-electron chi connectivity index (χ2n) is 7.56. The maximum absolute atomic E-state index is 13.3. The van der Waals surface area contributed by atoms with Gasteiger partial charge in [-0.3, -0.25) is 9.10 Å². The van der Waals surface area contributed by atoms with Crippen LogP contribution in [-0.2, 0) is 20.5 Å². The van der Waals surface area contributed by atoms with Crippen molar-refractivity contribution in [1.29, 1.82) is 0 Å². The van der Waals surface area contributed by atoms with Crippen LogP contribution in [0.3, 0.4) is 0 Å². The van der Waals surface area contributed by atoms with Crippen LogP contribution < -0.4 is 9.62 Å². The number of hydrogen-bond acceptors (Lipinski definition) is 4. The molecule has 164 valence electrons. The Labute approximate surface area is 187 Å². The number of esters is 1. The monoisotopic (exact) mass is 438 g/mol. The van der Waals surface area contributed by atoms with Gasteiger partial charge in [0.15, 0.2) is 11.0 Å². The molecule has 31 heavy (non-hydrogen) atoms. The predicted octanol–water partition coefficient (Wildman–Crippen LogP) is 4.33. The molecule has 1 heterocycles. The molecule has 0 aromatic heterocycles. The lowest BCUT2D eigenvalue weighted by Gasteiger charge is -2.22. The van der Waals surface area contributed by atoms with E-state index in [1.54, 1.807) is 0 Å². The summed E-state index contributed by atoms with van der Waals surface area (Å²) < 4.78 is 20.0. The summed E-state index contributed by atoms with van der Waals surface area (Å²) in [7, 11) is 0.519. The fourth-order valence-electron chi connectivity index (χ4n) is 3.88. The summed E-state index contributed by atoms with van der Waals surface area (Å²) in [5.74, 6) is 2.54. The lowest BCUT2D eigenvalue weighted by Crippen LogP contribution is -2.24. The highest BCUT2D eigenvalue weighted by Crippen LogP contribution is 2.38. The van der Waals surface area contributed by atoms with Gasteiger partial charge in [-0.2, -0.15) is 0 Å². The van der Waals surface area contributed by atoms with E-state index in [2.05, 4.69) is 17.3 Å². The SMILES string of the molecule is C#Cc1ccc2c(c1)S(=O)N(C)c1ccccc1C2NCCCCCCC(=O)OCC. The Hall–Kier alpha value is -2.62. The largest absolute Gasteiger partial charge is 0.466 e. The topological polar surface area (TPSA) is 58.6 Å². The zero-order valence-corrected chi connectivity index (χ0v) is 19.0. The molecule has 6 heteroatoms. The number of hydrogen-bond donors (Lipinski definition) is 1. The van der Waals surface area contributed by atoms with Crippen molar-refractivity contribution in [3.8, 4) is 12.3 Å². The molecule has 2 atom stereocenters. The molecule has 2 aromatic carbocycles. The van der Waals surface area contributed by atoms with Gasteiger partial charge in [0.25, 0.3) is 0 Å². The fraction of sp³-hybridized carbons (Fsp3) is 0.400. The van der Waals surface area contributed by atoms with E-state index in [1.807, 2.05) is 54.7 Å². The minimum Gasteiger partial charge on any atom is -0.466 e. The van der Waals surface area contributed by atoms with Gasteiger partial charge in [0.2, 0.25) is 0 Å². The van der Waals surface area contributed by atoms with Gasteiger partial charge in [0, 0.05) is 19.0 Å². The van der Waals surface area contributed by atoms with Crippen LogP contribution in [0.5, 0.6) is 0 Å². The first-order chi connectivity index (χ1) is 15.1. The normalized spacial score (nSPS) is 17.3. The van der Waals surface area contributed by atoms with E-state index in [0.29, 0.717) is 13.0 Å². The number of carbonyl (C=O) groups is 1. The Bertz CT molecular complexity index is 983. The molecule has 0 amide bonds. The summed E-state index contributed by atoms with van der Waals surface area (Å²) in [6.45, 7) is 3.09. The van der Waals surface area contributed by atoms with E-state index in [4.69, 9.17) is 11.2 Å². The van der Waals surface area contributed by atoms with Gasteiger partial charge in [-0.1, -0.05) is 43.0 Å². The molecule has 5 nitrogen and oxygen atoms in total. The van der Waals surface area contributed by atoms with Crippen molar-refractivity contribution in [3.63, 3.8) is 0 Å². The summed E-state index contributed by atoms with van der Waals surface area (Å²) in [4.78, 5) is 12.2. The van der Waals surface area contributed by atoms with Crippen LogP contribution in [0.2, 0.25) is 0 Å². The van der Waals surface area contributed by atoms with Gasteiger partial charge in [0.05, 0.1) is 23.2 Å². The van der Waals surface area contributed by atoms with E-state index in [-0.39, 0.29) is 12.0 Å². The summed E-state index contributed by atoms with van der Waals surface area (Å²) >= 11 is 0. The summed E-state index contributed by atoms with van der Waals surface area (Å²) in [5.41, 5.74) is 3.78. The molecule has 0 spiro atoms. The van der Waals surface area contributed by atoms with Crippen molar-refractivity contribution in [3.05, 3.63) is 59.2 Å². The van der Waals surface area contributed by atoms with E-state index >= 15 is 0 Å². The van der Waals surface area contributed by atoms with Crippen LogP contribution in [0.25, 0.3) is 0 Å². The number of terminal acetylenes is 1. The Morgan fingerprint density at radius 3 is 2.71 bits per heavy atom. The smallest absolute Gasteiger partial charge is 0.305 e. The number of nitrogens with zero attached hydrogens (tertiary/aromatic N) is 1. The number of carbonyl (C=O) groups excluding carboxylic acids is 1.